The van der Waals surface area contributed by atoms with E-state index in [9.17, 15) is 0 Å². The van der Waals surface area contributed by atoms with Crippen LogP contribution in [0.1, 0.15) is 0 Å². The fraction of sp³-hybridized carbons (Fsp3) is 0.0385. The zero-order valence-corrected chi connectivity index (χ0v) is 18.0. The van der Waals surface area contributed by atoms with Gasteiger partial charge in [0.15, 0.2) is 0 Å². The number of nitrogens with one attached hydrogen (secondary N) is 3. The van der Waals surface area contributed by atoms with Crippen LogP contribution in [-0.2, 0) is 0 Å². The predicted octanol–water partition coefficient (Wildman–Crippen LogP) is 6.26. The normalized spacial score (nSPS) is 10.6. The lowest BCUT2D eigenvalue weighted by molar-refractivity contribution is 0.415. The van der Waals surface area contributed by atoms with Crippen LogP contribution in [0.3, 0.4) is 0 Å². The summed E-state index contributed by atoms with van der Waals surface area (Å²) >= 11 is 0. The van der Waals surface area contributed by atoms with Crippen molar-refractivity contribution in [2.75, 3.05) is 23.1 Å². The summed E-state index contributed by atoms with van der Waals surface area (Å²) in [6.45, 7) is 0. The molecule has 0 aliphatic rings. The van der Waals surface area contributed by atoms with Gasteiger partial charge in [-0.3, -0.25) is 0 Å². The number of methoxy groups -OCH3 is 1. The van der Waals surface area contributed by atoms with Gasteiger partial charge in [-0.1, -0.05) is 18.2 Å². The number of aromatic nitrogens is 3. The van der Waals surface area contributed by atoms with E-state index >= 15 is 0 Å². The Morgan fingerprint density at radius 1 is 0.636 bits per heavy atom. The largest absolute Gasteiger partial charge is 0.497 e. The molecule has 3 aromatic carbocycles. The molecule has 0 bridgehead atoms. The molecular formula is C26H22N6O. The summed E-state index contributed by atoms with van der Waals surface area (Å²) in [6, 6.07) is 29.3. The molecule has 7 nitrogen and oxygen atoms in total. The van der Waals surface area contributed by atoms with E-state index < -0.39 is 0 Å². The molecule has 0 radical (unpaired) electrons. The van der Waals surface area contributed by atoms with Gasteiger partial charge in [0.05, 0.1) is 12.6 Å². The lowest BCUT2D eigenvalue weighted by Crippen LogP contribution is -2.02. The molecule has 162 valence electrons. The minimum Gasteiger partial charge on any atom is -0.497 e. The van der Waals surface area contributed by atoms with E-state index in [1.807, 2.05) is 91.0 Å². The third-order valence-electron chi connectivity index (χ3n) is 5.03. The lowest BCUT2D eigenvalue weighted by Gasteiger charge is -2.13. The van der Waals surface area contributed by atoms with Gasteiger partial charge in [-0.25, -0.2) is 9.97 Å². The van der Waals surface area contributed by atoms with Gasteiger partial charge in [-0.15, -0.1) is 0 Å². The third-order valence-corrected chi connectivity index (χ3v) is 5.03. The summed E-state index contributed by atoms with van der Waals surface area (Å²) in [5.74, 6) is 2.83. The van der Waals surface area contributed by atoms with Crippen LogP contribution in [0.5, 0.6) is 5.75 Å². The first-order chi connectivity index (χ1) is 16.3. The van der Waals surface area contributed by atoms with Crippen molar-refractivity contribution in [1.29, 1.82) is 0 Å². The molecule has 0 amide bonds. The molecule has 3 N–H and O–H groups in total. The highest BCUT2D eigenvalue weighted by molar-refractivity contribution is 5.92. The first-order valence-corrected chi connectivity index (χ1v) is 10.5. The Balaban J connectivity index is 1.38. The third kappa shape index (κ3) is 4.83. The standard InChI is InChI=1S/C26H22N6O/c1-33-21-15-13-19(14-16-21)29-25-22-6-2-3-7-23(22)31-26(32-25)30-20-11-9-18(10-12-20)28-24-8-4-5-17-27-24/h2-17H,1H3,(H,27,28)(H2,29,30,31,32). The van der Waals surface area contributed by atoms with E-state index in [0.717, 1.165) is 45.4 Å². The Kier molecular flexibility index (Phi) is 5.67. The van der Waals surface area contributed by atoms with E-state index in [4.69, 9.17) is 9.72 Å². The maximum absolute atomic E-state index is 5.25. The second-order valence-corrected chi connectivity index (χ2v) is 7.31. The van der Waals surface area contributed by atoms with E-state index in [1.165, 1.54) is 0 Å². The molecule has 0 saturated heterocycles. The fourth-order valence-corrected chi connectivity index (χ4v) is 3.39. The lowest BCUT2D eigenvalue weighted by atomic mass is 10.2. The van der Waals surface area contributed by atoms with Gasteiger partial charge in [0.2, 0.25) is 5.95 Å². The van der Waals surface area contributed by atoms with Crippen molar-refractivity contribution in [1.82, 2.24) is 15.0 Å². The van der Waals surface area contributed by atoms with Gasteiger partial charge < -0.3 is 20.7 Å². The number of fused-ring (bicyclic) bond motifs is 1. The summed E-state index contributed by atoms with van der Waals surface area (Å²) in [6.07, 6.45) is 1.76. The van der Waals surface area contributed by atoms with Crippen LogP contribution in [0, 0.1) is 0 Å². The Hall–Kier alpha value is -4.65. The van der Waals surface area contributed by atoms with Crippen molar-refractivity contribution in [2.24, 2.45) is 0 Å². The van der Waals surface area contributed by atoms with Gasteiger partial charge in [-0.2, -0.15) is 4.98 Å². The minimum absolute atomic E-state index is 0.509. The molecule has 7 heteroatoms. The van der Waals surface area contributed by atoms with Crippen LogP contribution in [0.25, 0.3) is 10.9 Å². The molecule has 0 spiro atoms. The SMILES string of the molecule is COc1ccc(Nc2nc(Nc3ccc(Nc4ccccn4)cc3)nc3ccccc23)cc1. The Morgan fingerprint density at radius 2 is 1.30 bits per heavy atom. The number of hydrogen-bond donors (Lipinski definition) is 3. The number of ether oxygens (including phenoxy) is 1. The quantitative estimate of drug-likeness (QED) is 0.279. The predicted molar refractivity (Wildman–Crippen MR) is 133 cm³/mol. The van der Waals surface area contributed by atoms with Crippen LogP contribution in [0.15, 0.2) is 97.2 Å². The summed E-state index contributed by atoms with van der Waals surface area (Å²) < 4.78 is 5.25. The van der Waals surface area contributed by atoms with Crippen molar-refractivity contribution >= 4 is 45.5 Å². The van der Waals surface area contributed by atoms with E-state index in [2.05, 4.69) is 25.9 Å². The topological polar surface area (TPSA) is 84.0 Å². The summed E-state index contributed by atoms with van der Waals surface area (Å²) in [5, 5.41) is 10.9. The molecule has 0 atom stereocenters. The highest BCUT2D eigenvalue weighted by Gasteiger charge is 2.09. The Bertz CT molecular complexity index is 1360. The Morgan fingerprint density at radius 3 is 2.03 bits per heavy atom. The average Bonchev–Trinajstić information content (AvgIpc) is 2.86. The van der Waals surface area contributed by atoms with Crippen LogP contribution >= 0.6 is 0 Å². The Labute approximate surface area is 191 Å². The summed E-state index contributed by atoms with van der Waals surface area (Å²) in [5.41, 5.74) is 3.59. The van der Waals surface area contributed by atoms with Crippen LogP contribution in [-0.4, -0.2) is 22.1 Å². The monoisotopic (exact) mass is 434 g/mol. The van der Waals surface area contributed by atoms with Crippen molar-refractivity contribution in [2.45, 2.75) is 0 Å². The van der Waals surface area contributed by atoms with E-state index in [0.29, 0.717) is 5.95 Å². The molecule has 0 saturated carbocycles. The highest BCUT2D eigenvalue weighted by atomic mass is 16.5. The van der Waals surface area contributed by atoms with Crippen molar-refractivity contribution < 1.29 is 4.74 Å². The number of hydrogen-bond acceptors (Lipinski definition) is 7. The van der Waals surface area contributed by atoms with Crippen LogP contribution < -0.4 is 20.7 Å². The van der Waals surface area contributed by atoms with Crippen molar-refractivity contribution in [3.8, 4) is 5.75 Å². The number of benzene rings is 3. The molecular weight excluding hydrogens is 412 g/mol. The second kappa shape index (κ2) is 9.23. The maximum Gasteiger partial charge on any atom is 0.229 e. The van der Waals surface area contributed by atoms with Crippen molar-refractivity contribution in [3.63, 3.8) is 0 Å². The van der Waals surface area contributed by atoms with Gasteiger partial charge in [-0.05, 0) is 72.8 Å². The molecule has 0 aliphatic carbocycles. The average molecular weight is 435 g/mol. The fourth-order valence-electron chi connectivity index (χ4n) is 3.39. The van der Waals surface area contributed by atoms with Crippen LogP contribution in [0.4, 0.5) is 34.6 Å². The molecule has 0 fully saturated rings. The van der Waals surface area contributed by atoms with Crippen molar-refractivity contribution in [3.05, 3.63) is 97.2 Å². The molecule has 2 aromatic heterocycles. The molecule has 0 aliphatic heterocycles. The molecule has 5 rings (SSSR count). The van der Waals surface area contributed by atoms with Gasteiger partial charge in [0, 0.05) is 28.6 Å². The molecule has 5 aromatic rings. The number of rotatable bonds is 7. The zero-order chi connectivity index (χ0) is 22.5. The van der Waals surface area contributed by atoms with Gasteiger partial charge in [0.1, 0.15) is 17.4 Å². The van der Waals surface area contributed by atoms with E-state index in [-0.39, 0.29) is 0 Å². The first kappa shape index (κ1) is 20.3. The second-order valence-electron chi connectivity index (χ2n) is 7.31. The summed E-state index contributed by atoms with van der Waals surface area (Å²) in [4.78, 5) is 13.7. The summed E-state index contributed by atoms with van der Waals surface area (Å²) in [7, 11) is 1.65. The molecule has 2 heterocycles. The van der Waals surface area contributed by atoms with Crippen LogP contribution in [0.2, 0.25) is 0 Å². The highest BCUT2D eigenvalue weighted by Crippen LogP contribution is 2.27. The number of nitrogens with zero attached hydrogens (tertiary/aromatic N) is 3. The first-order valence-electron chi connectivity index (χ1n) is 10.5. The van der Waals surface area contributed by atoms with E-state index in [1.54, 1.807) is 13.3 Å². The molecule has 0 unspecified atom stereocenters. The number of anilines is 6. The maximum atomic E-state index is 5.25. The minimum atomic E-state index is 0.509. The number of para-hydroxylation sites is 1. The zero-order valence-electron chi connectivity index (χ0n) is 18.0. The van der Waals surface area contributed by atoms with Gasteiger partial charge >= 0.3 is 0 Å². The molecule has 33 heavy (non-hydrogen) atoms. The van der Waals surface area contributed by atoms with Gasteiger partial charge in [0.25, 0.3) is 0 Å². The number of pyridine rings is 1. The smallest absolute Gasteiger partial charge is 0.229 e.